The monoisotopic (exact) mass is 240 g/mol. The second kappa shape index (κ2) is 4.60. The van der Waals surface area contributed by atoms with Crippen LogP contribution in [0.5, 0.6) is 0 Å². The lowest BCUT2D eigenvalue weighted by Gasteiger charge is -2.19. The summed E-state index contributed by atoms with van der Waals surface area (Å²) < 4.78 is 0. The molecule has 18 heavy (non-hydrogen) atoms. The van der Waals surface area contributed by atoms with Crippen LogP contribution in [0.25, 0.3) is 10.9 Å². The predicted octanol–water partition coefficient (Wildman–Crippen LogP) is 3.72. The van der Waals surface area contributed by atoms with Crippen LogP contribution in [0.3, 0.4) is 0 Å². The summed E-state index contributed by atoms with van der Waals surface area (Å²) in [7, 11) is 1.99. The van der Waals surface area contributed by atoms with Gasteiger partial charge in [0, 0.05) is 23.8 Å². The molecule has 0 saturated carbocycles. The molecule has 0 bridgehead atoms. The van der Waals surface area contributed by atoms with Gasteiger partial charge in [-0.15, -0.1) is 0 Å². The summed E-state index contributed by atoms with van der Waals surface area (Å²) >= 11 is 0. The highest BCUT2D eigenvalue weighted by atomic mass is 14.8. The molecule has 3 rings (SSSR count). The molecule has 2 nitrogen and oxygen atoms in total. The van der Waals surface area contributed by atoms with Gasteiger partial charge >= 0.3 is 0 Å². The molecule has 2 aromatic rings. The Kier molecular flexibility index (Phi) is 2.94. The van der Waals surface area contributed by atoms with Crippen LogP contribution in [-0.2, 0) is 19.3 Å². The smallest absolute Gasteiger partial charge is 0.0760 e. The fourth-order valence-electron chi connectivity index (χ4n) is 2.96. The minimum atomic E-state index is 0.994. The lowest BCUT2D eigenvalue weighted by molar-refractivity contribution is 0.688. The maximum Gasteiger partial charge on any atom is 0.0760 e. The molecule has 1 heterocycles. The van der Waals surface area contributed by atoms with E-state index in [9.17, 15) is 0 Å². The zero-order valence-corrected chi connectivity index (χ0v) is 11.2. The summed E-state index contributed by atoms with van der Waals surface area (Å²) in [6.45, 7) is 2.17. The Hall–Kier alpha value is -1.57. The first-order valence-electron chi connectivity index (χ1n) is 6.95. The van der Waals surface area contributed by atoms with Gasteiger partial charge in [0.2, 0.25) is 0 Å². The Bertz CT molecular complexity index is 587. The van der Waals surface area contributed by atoms with E-state index in [2.05, 4.69) is 30.4 Å². The lowest BCUT2D eigenvalue weighted by atomic mass is 9.89. The Balaban J connectivity index is 2.32. The Morgan fingerprint density at radius 1 is 1.22 bits per heavy atom. The minimum Gasteiger partial charge on any atom is -0.388 e. The number of anilines is 1. The van der Waals surface area contributed by atoms with Gasteiger partial charge in [0.05, 0.1) is 5.52 Å². The van der Waals surface area contributed by atoms with E-state index in [1.165, 1.54) is 59.1 Å². The predicted molar refractivity (Wildman–Crippen MR) is 77.3 cm³/mol. The highest BCUT2D eigenvalue weighted by Gasteiger charge is 2.15. The van der Waals surface area contributed by atoms with E-state index in [4.69, 9.17) is 4.98 Å². The molecule has 94 valence electrons. The number of fused-ring (bicyclic) bond motifs is 3. The molecule has 0 aliphatic heterocycles. The average Bonchev–Trinajstić information content (AvgIpc) is 2.45. The lowest BCUT2D eigenvalue weighted by Crippen LogP contribution is -2.06. The van der Waals surface area contributed by atoms with Gasteiger partial charge in [-0.2, -0.15) is 0 Å². The van der Waals surface area contributed by atoms with Gasteiger partial charge in [-0.05, 0) is 49.3 Å². The second-order valence-electron chi connectivity index (χ2n) is 5.07. The minimum absolute atomic E-state index is 0.994. The largest absolute Gasteiger partial charge is 0.388 e. The van der Waals surface area contributed by atoms with Crippen molar-refractivity contribution in [2.75, 3.05) is 12.4 Å². The Morgan fingerprint density at radius 3 is 2.83 bits per heavy atom. The molecule has 0 radical (unpaired) electrons. The highest BCUT2D eigenvalue weighted by molar-refractivity contribution is 5.94. The van der Waals surface area contributed by atoms with Gasteiger partial charge in [0.1, 0.15) is 0 Å². The molecule has 1 aliphatic carbocycles. The molecule has 0 unspecified atom stereocenters. The quantitative estimate of drug-likeness (QED) is 0.865. The molecule has 0 saturated heterocycles. The first-order chi connectivity index (χ1) is 8.83. The van der Waals surface area contributed by atoms with E-state index in [1.54, 1.807) is 0 Å². The first-order valence-corrected chi connectivity index (χ1v) is 6.95. The van der Waals surface area contributed by atoms with Crippen molar-refractivity contribution in [3.05, 3.63) is 35.0 Å². The number of pyridine rings is 1. The van der Waals surface area contributed by atoms with Gasteiger partial charge in [-0.1, -0.05) is 19.1 Å². The number of nitrogens with zero attached hydrogens (tertiary/aromatic N) is 1. The Morgan fingerprint density at radius 2 is 2.06 bits per heavy atom. The zero-order chi connectivity index (χ0) is 12.5. The molecule has 1 N–H and O–H groups in total. The van der Waals surface area contributed by atoms with Crippen molar-refractivity contribution in [2.45, 2.75) is 39.0 Å². The summed E-state index contributed by atoms with van der Waals surface area (Å²) in [6, 6.07) is 6.71. The van der Waals surface area contributed by atoms with Crippen molar-refractivity contribution in [3.63, 3.8) is 0 Å². The Labute approximate surface area is 108 Å². The van der Waals surface area contributed by atoms with Crippen molar-refractivity contribution in [1.29, 1.82) is 0 Å². The van der Waals surface area contributed by atoms with Crippen LogP contribution in [-0.4, -0.2) is 12.0 Å². The first kappa shape index (κ1) is 11.5. The number of rotatable bonds is 2. The van der Waals surface area contributed by atoms with Crippen molar-refractivity contribution >= 4 is 16.6 Å². The topological polar surface area (TPSA) is 24.9 Å². The zero-order valence-electron chi connectivity index (χ0n) is 11.2. The third-order valence-corrected chi connectivity index (χ3v) is 3.99. The number of nitrogens with one attached hydrogen (secondary N) is 1. The highest BCUT2D eigenvalue weighted by Crippen LogP contribution is 2.32. The maximum atomic E-state index is 4.88. The van der Waals surface area contributed by atoms with Gasteiger partial charge in [0.25, 0.3) is 0 Å². The molecule has 0 atom stereocenters. The second-order valence-corrected chi connectivity index (χ2v) is 5.07. The van der Waals surface area contributed by atoms with Crippen molar-refractivity contribution < 1.29 is 0 Å². The summed E-state index contributed by atoms with van der Waals surface area (Å²) in [4.78, 5) is 4.88. The van der Waals surface area contributed by atoms with Crippen molar-refractivity contribution in [3.8, 4) is 0 Å². The summed E-state index contributed by atoms with van der Waals surface area (Å²) in [6.07, 6.45) is 6.03. The van der Waals surface area contributed by atoms with Crippen LogP contribution in [0.4, 0.5) is 5.69 Å². The van der Waals surface area contributed by atoms with Gasteiger partial charge in [0.15, 0.2) is 0 Å². The number of aryl methyl sites for hydroxylation is 3. The molecule has 1 aliphatic rings. The molecule has 0 amide bonds. The van der Waals surface area contributed by atoms with Gasteiger partial charge in [-0.3, -0.25) is 4.98 Å². The van der Waals surface area contributed by atoms with Crippen LogP contribution >= 0.6 is 0 Å². The molecular weight excluding hydrogens is 220 g/mol. The standard InChI is InChI=1S/C16H20N2/c1-3-12-10-15(17-2)14-9-8-11-6-4-5-7-13(11)16(14)18-12/h8-10H,3-7H2,1-2H3,(H,17,18). The summed E-state index contributed by atoms with van der Waals surface area (Å²) in [5, 5.41) is 4.58. The SMILES string of the molecule is CCc1cc(NC)c2ccc3c(c2n1)CCCC3. The third kappa shape index (κ3) is 1.76. The molecule has 2 heteroatoms. The third-order valence-electron chi connectivity index (χ3n) is 3.99. The number of hydrogen-bond acceptors (Lipinski definition) is 2. The molecule has 0 fully saturated rings. The molecule has 1 aromatic carbocycles. The van der Waals surface area contributed by atoms with E-state index in [-0.39, 0.29) is 0 Å². The summed E-state index contributed by atoms with van der Waals surface area (Å²) in [5.74, 6) is 0. The number of hydrogen-bond donors (Lipinski definition) is 1. The average molecular weight is 240 g/mol. The van der Waals surface area contributed by atoms with Crippen molar-refractivity contribution in [1.82, 2.24) is 4.98 Å². The fourth-order valence-corrected chi connectivity index (χ4v) is 2.96. The molecule has 0 spiro atoms. The van der Waals surface area contributed by atoms with Crippen LogP contribution in [0.2, 0.25) is 0 Å². The number of aromatic nitrogens is 1. The van der Waals surface area contributed by atoms with E-state index in [0.717, 1.165) is 6.42 Å². The van der Waals surface area contributed by atoms with Gasteiger partial charge in [-0.25, -0.2) is 0 Å². The molecule has 1 aromatic heterocycles. The van der Waals surface area contributed by atoms with Gasteiger partial charge < -0.3 is 5.32 Å². The maximum absolute atomic E-state index is 4.88. The van der Waals surface area contributed by atoms with Crippen LogP contribution in [0, 0.1) is 0 Å². The van der Waals surface area contributed by atoms with Crippen molar-refractivity contribution in [2.24, 2.45) is 0 Å². The fraction of sp³-hybridized carbons (Fsp3) is 0.438. The van der Waals surface area contributed by atoms with Crippen LogP contribution in [0.15, 0.2) is 18.2 Å². The van der Waals surface area contributed by atoms with E-state index >= 15 is 0 Å². The molecular formula is C16H20N2. The van der Waals surface area contributed by atoms with E-state index < -0.39 is 0 Å². The van der Waals surface area contributed by atoms with Crippen LogP contribution < -0.4 is 5.32 Å². The number of benzene rings is 1. The van der Waals surface area contributed by atoms with E-state index in [0.29, 0.717) is 0 Å². The van der Waals surface area contributed by atoms with Crippen LogP contribution in [0.1, 0.15) is 36.6 Å². The van der Waals surface area contributed by atoms with E-state index in [1.807, 2.05) is 7.05 Å². The summed E-state index contributed by atoms with van der Waals surface area (Å²) in [5.41, 5.74) is 6.63. The normalized spacial score (nSPS) is 14.6.